The Morgan fingerprint density at radius 3 is 2.03 bits per heavy atom. The van der Waals surface area contributed by atoms with Gasteiger partial charge in [0.2, 0.25) is 0 Å². The Labute approximate surface area is 190 Å². The lowest BCUT2D eigenvalue weighted by molar-refractivity contribution is -0.134. The van der Waals surface area contributed by atoms with Gasteiger partial charge >= 0.3 is 11.9 Å². The van der Waals surface area contributed by atoms with Crippen molar-refractivity contribution in [1.82, 2.24) is 0 Å². The molecule has 6 nitrogen and oxygen atoms in total. The van der Waals surface area contributed by atoms with Crippen LogP contribution in [-0.2, 0) is 9.53 Å². The molecular weight excluding hydrogens is 432 g/mol. The van der Waals surface area contributed by atoms with Gasteiger partial charge in [0.15, 0.2) is 5.78 Å². The molecule has 0 aliphatic carbocycles. The van der Waals surface area contributed by atoms with Crippen molar-refractivity contribution in [3.05, 3.63) is 95.0 Å². The van der Waals surface area contributed by atoms with Crippen LogP contribution in [-0.4, -0.2) is 30.9 Å². The summed E-state index contributed by atoms with van der Waals surface area (Å²) in [5, 5.41) is 0.536. The average molecular weight is 453 g/mol. The SMILES string of the molecule is O=C(CCC(=O)c1ccc(Cl)cc1)Oc1ccc(C(=O)OCCOc2ccccc2)cc1. The van der Waals surface area contributed by atoms with Crippen LogP contribution < -0.4 is 9.47 Å². The van der Waals surface area contributed by atoms with Crippen LogP contribution in [0, 0.1) is 0 Å². The minimum atomic E-state index is -0.541. The van der Waals surface area contributed by atoms with E-state index in [-0.39, 0.29) is 37.6 Å². The number of ether oxygens (including phenoxy) is 3. The lowest BCUT2D eigenvalue weighted by Crippen LogP contribution is -2.13. The second-order valence-electron chi connectivity index (χ2n) is 6.73. The Kier molecular flexibility index (Phi) is 8.40. The lowest BCUT2D eigenvalue weighted by atomic mass is 10.1. The van der Waals surface area contributed by atoms with E-state index in [0.717, 1.165) is 0 Å². The summed E-state index contributed by atoms with van der Waals surface area (Å²) in [6.07, 6.45) is -0.0391. The maximum atomic E-state index is 12.1. The fourth-order valence-corrected chi connectivity index (χ4v) is 2.86. The molecule has 0 radical (unpaired) electrons. The number of carbonyl (C=O) groups is 3. The summed E-state index contributed by atoms with van der Waals surface area (Å²) < 4.78 is 15.8. The predicted molar refractivity (Wildman–Crippen MR) is 119 cm³/mol. The number of rotatable bonds is 10. The van der Waals surface area contributed by atoms with Gasteiger partial charge in [-0.2, -0.15) is 0 Å². The highest BCUT2D eigenvalue weighted by Gasteiger charge is 2.12. The van der Waals surface area contributed by atoms with Gasteiger partial charge in [0.1, 0.15) is 24.7 Å². The van der Waals surface area contributed by atoms with Gasteiger partial charge in [0.25, 0.3) is 0 Å². The molecule has 7 heteroatoms. The lowest BCUT2D eigenvalue weighted by Gasteiger charge is -2.08. The normalized spacial score (nSPS) is 10.3. The van der Waals surface area contributed by atoms with E-state index in [1.165, 1.54) is 24.3 Å². The first-order valence-corrected chi connectivity index (χ1v) is 10.3. The van der Waals surface area contributed by atoms with Crippen LogP contribution in [0.4, 0.5) is 0 Å². The fourth-order valence-electron chi connectivity index (χ4n) is 2.73. The number of ketones is 1. The summed E-state index contributed by atoms with van der Waals surface area (Å²) in [6.45, 7) is 0.340. The fraction of sp³-hybridized carbons (Fsp3) is 0.160. The second kappa shape index (κ2) is 11.7. The molecule has 164 valence electrons. The summed E-state index contributed by atoms with van der Waals surface area (Å²) >= 11 is 5.80. The van der Waals surface area contributed by atoms with Crippen LogP contribution >= 0.6 is 11.6 Å². The zero-order valence-electron chi connectivity index (χ0n) is 17.2. The first-order valence-electron chi connectivity index (χ1n) is 9.96. The van der Waals surface area contributed by atoms with Crippen LogP contribution in [0.2, 0.25) is 5.02 Å². The number of hydrogen-bond donors (Lipinski definition) is 0. The number of Topliss-reactive ketones (excluding diaryl/α,β-unsaturated/α-hetero) is 1. The van der Waals surface area contributed by atoms with Crippen molar-refractivity contribution in [2.75, 3.05) is 13.2 Å². The number of carbonyl (C=O) groups excluding carboxylic acids is 3. The second-order valence-corrected chi connectivity index (χ2v) is 7.16. The monoisotopic (exact) mass is 452 g/mol. The quantitative estimate of drug-likeness (QED) is 0.183. The van der Waals surface area contributed by atoms with Crippen LogP contribution in [0.3, 0.4) is 0 Å². The van der Waals surface area contributed by atoms with Crippen molar-refractivity contribution in [2.45, 2.75) is 12.8 Å². The molecule has 0 saturated heterocycles. The van der Waals surface area contributed by atoms with Crippen molar-refractivity contribution in [1.29, 1.82) is 0 Å². The standard InChI is InChI=1S/C25H21ClO6/c26-20-10-6-18(7-11-20)23(27)14-15-24(28)32-22-12-8-19(9-13-22)25(29)31-17-16-30-21-4-2-1-3-5-21/h1-13H,14-17H2. The molecule has 0 aliphatic rings. The molecule has 0 fully saturated rings. The number of para-hydroxylation sites is 1. The number of esters is 2. The molecule has 32 heavy (non-hydrogen) atoms. The molecule has 3 aromatic rings. The molecule has 0 aromatic heterocycles. The minimum absolute atomic E-state index is 0.0237. The van der Waals surface area contributed by atoms with Crippen molar-refractivity contribution in [3.63, 3.8) is 0 Å². The molecule has 0 aliphatic heterocycles. The van der Waals surface area contributed by atoms with Crippen LogP contribution in [0.5, 0.6) is 11.5 Å². The Morgan fingerprint density at radius 1 is 0.688 bits per heavy atom. The molecule has 0 saturated carbocycles. The molecule has 0 atom stereocenters. The summed E-state index contributed by atoms with van der Waals surface area (Å²) in [5.74, 6) is -0.246. The first kappa shape index (κ1) is 23.0. The van der Waals surface area contributed by atoms with Gasteiger partial charge in [0.05, 0.1) is 12.0 Å². The topological polar surface area (TPSA) is 78.9 Å². The van der Waals surface area contributed by atoms with Gasteiger partial charge in [-0.05, 0) is 60.7 Å². The van der Waals surface area contributed by atoms with Crippen molar-refractivity contribution < 1.29 is 28.6 Å². The highest BCUT2D eigenvalue weighted by atomic mass is 35.5. The number of hydrogen-bond acceptors (Lipinski definition) is 6. The summed E-state index contributed by atoms with van der Waals surface area (Å²) in [4.78, 5) is 36.2. The van der Waals surface area contributed by atoms with Crippen molar-refractivity contribution in [3.8, 4) is 11.5 Å². The Bertz CT molecular complexity index is 1050. The molecule has 0 unspecified atom stereocenters. The van der Waals surface area contributed by atoms with E-state index < -0.39 is 11.9 Å². The maximum Gasteiger partial charge on any atom is 0.338 e. The Hall–Kier alpha value is -3.64. The molecule has 3 aromatic carbocycles. The van der Waals surface area contributed by atoms with E-state index >= 15 is 0 Å². The van der Waals surface area contributed by atoms with Crippen molar-refractivity contribution in [2.24, 2.45) is 0 Å². The molecule has 3 rings (SSSR count). The van der Waals surface area contributed by atoms with Gasteiger partial charge in [-0.25, -0.2) is 4.79 Å². The average Bonchev–Trinajstić information content (AvgIpc) is 2.82. The van der Waals surface area contributed by atoms with E-state index in [1.807, 2.05) is 30.3 Å². The van der Waals surface area contributed by atoms with Gasteiger partial charge in [-0.1, -0.05) is 29.8 Å². The zero-order chi connectivity index (χ0) is 22.8. The van der Waals surface area contributed by atoms with E-state index in [2.05, 4.69) is 0 Å². The summed E-state index contributed by atoms with van der Waals surface area (Å²) in [6, 6.07) is 21.7. The Morgan fingerprint density at radius 2 is 1.34 bits per heavy atom. The third kappa shape index (κ3) is 7.25. The maximum absolute atomic E-state index is 12.1. The van der Waals surface area contributed by atoms with Gasteiger partial charge in [-0.15, -0.1) is 0 Å². The van der Waals surface area contributed by atoms with Crippen LogP contribution in [0.15, 0.2) is 78.9 Å². The highest BCUT2D eigenvalue weighted by Crippen LogP contribution is 2.16. The van der Waals surface area contributed by atoms with Crippen LogP contribution in [0.25, 0.3) is 0 Å². The molecular formula is C25H21ClO6. The van der Waals surface area contributed by atoms with Crippen LogP contribution in [0.1, 0.15) is 33.6 Å². The van der Waals surface area contributed by atoms with E-state index in [0.29, 0.717) is 21.9 Å². The molecule has 0 amide bonds. The third-order valence-electron chi connectivity index (χ3n) is 4.37. The largest absolute Gasteiger partial charge is 0.490 e. The third-order valence-corrected chi connectivity index (χ3v) is 4.62. The zero-order valence-corrected chi connectivity index (χ0v) is 17.9. The predicted octanol–water partition coefficient (Wildman–Crippen LogP) is 5.14. The van der Waals surface area contributed by atoms with Gasteiger partial charge in [-0.3, -0.25) is 9.59 Å². The minimum Gasteiger partial charge on any atom is -0.490 e. The van der Waals surface area contributed by atoms with Gasteiger partial charge in [0, 0.05) is 17.0 Å². The van der Waals surface area contributed by atoms with Gasteiger partial charge < -0.3 is 14.2 Å². The Balaban J connectivity index is 1.39. The number of halogens is 1. The van der Waals surface area contributed by atoms with E-state index in [4.69, 9.17) is 25.8 Å². The van der Waals surface area contributed by atoms with Crippen molar-refractivity contribution >= 4 is 29.3 Å². The molecule has 0 spiro atoms. The first-order chi connectivity index (χ1) is 15.5. The summed E-state index contributed by atoms with van der Waals surface area (Å²) in [5.41, 5.74) is 0.807. The number of benzene rings is 3. The molecule has 0 heterocycles. The molecule has 0 bridgehead atoms. The van der Waals surface area contributed by atoms with E-state index in [1.54, 1.807) is 24.3 Å². The van der Waals surface area contributed by atoms with E-state index in [9.17, 15) is 14.4 Å². The molecule has 0 N–H and O–H groups in total. The smallest absolute Gasteiger partial charge is 0.338 e. The summed E-state index contributed by atoms with van der Waals surface area (Å²) in [7, 11) is 0. The highest BCUT2D eigenvalue weighted by molar-refractivity contribution is 6.30.